The lowest BCUT2D eigenvalue weighted by Crippen LogP contribution is -2.37. The van der Waals surface area contributed by atoms with Gasteiger partial charge in [-0.1, -0.05) is 79.8 Å². The number of anilines is 19. The maximum atomic E-state index is 14.4. The molecule has 0 saturated carbocycles. The molecule has 12 aromatic rings. The minimum atomic E-state index is -0.689. The zero-order valence-electron chi connectivity index (χ0n) is 69.2. The number of ketones is 1. The van der Waals surface area contributed by atoms with Crippen LogP contribution in [-0.2, 0) is 19.1 Å². The minimum absolute atomic E-state index is 0.00443. The number of rotatable bonds is 35. The van der Waals surface area contributed by atoms with Crippen molar-refractivity contribution in [3.63, 3.8) is 0 Å². The van der Waals surface area contributed by atoms with Crippen LogP contribution in [0.5, 0.6) is 23.1 Å². The Morgan fingerprint density at radius 1 is 0.457 bits per heavy atom. The van der Waals surface area contributed by atoms with Crippen LogP contribution in [0.25, 0.3) is 0 Å². The van der Waals surface area contributed by atoms with Gasteiger partial charge in [0.15, 0.2) is 29.1 Å². The van der Waals surface area contributed by atoms with Gasteiger partial charge >= 0.3 is 0 Å². The molecular weight excluding hydrogens is 1630 g/mol. The molecule has 1 fully saturated rings. The number of methoxy groups -OCH3 is 2. The highest BCUT2D eigenvalue weighted by Crippen LogP contribution is 2.31. The molecule has 648 valence electrons. The molecule has 1 aliphatic rings. The molecule has 0 atom stereocenters. The van der Waals surface area contributed by atoms with Gasteiger partial charge in [-0.25, -0.2) is 33.7 Å². The topological polar surface area (TPSA) is 452 Å². The summed E-state index contributed by atoms with van der Waals surface area (Å²) in [5.41, 5.74) is 19.1. The predicted molar refractivity (Wildman–Crippen MR) is 486 cm³/mol. The summed E-state index contributed by atoms with van der Waals surface area (Å²) in [7, 11) is 3.10. The first-order valence-corrected chi connectivity index (χ1v) is 38.8. The number of pyridine rings is 1. The van der Waals surface area contributed by atoms with Crippen molar-refractivity contribution in [2.45, 2.75) is 20.3 Å². The standard InChI is InChI=1S/C26H29FN6O3.C24H21FN4O2.C21H20N6O3.C20H19N7O3/c1-2-24(34)29-19-6-3-7-20(16-19)30-25-23(27)18-28-26(32-25)31-21-8-4-9-22(17-21)36-13-5-10-33-11-14-35-15-12-33;1-4-11-31-20-10-6-9-19(14-20)28-24-26-15-21(25)23(29-24)27-18-8-5-7-17(13-18)22(30)12-16(2)3;1-3-18(28)24-13-6-4-7-14(10-13)25-20-17(19(22)29)12-23-21(27-20)26-15-8-5-9-16(11-15)30-2;1-3-16(28)24-12-5-4-6-13(9-12)25-19-15(18(21)29)11-23-20(27-19)26-14-7-8-17(30-2)22-10-14/h2-4,6-9,16-18H,1,5,10-15H2,(H,29,34)(H2,28,30,31,32);1,5-10,12-15H,11H2,2-3H3,(H2,26,27,28,29);3-12H,1H2,2H3,(H2,22,29)(H,24,28)(H2,23,25,26,27);3-11H,1H2,2H3,(H2,21,29)(H,24,28)(H2,23,25,26,27). The summed E-state index contributed by atoms with van der Waals surface area (Å²) >= 11 is 0. The molecule has 15 N–H and O–H groups in total. The fourth-order valence-corrected chi connectivity index (χ4v) is 11.3. The molecule has 34 nitrogen and oxygen atoms in total. The van der Waals surface area contributed by atoms with Gasteiger partial charge in [0.2, 0.25) is 47.4 Å². The van der Waals surface area contributed by atoms with E-state index in [-0.39, 0.29) is 88.3 Å². The van der Waals surface area contributed by atoms with Crippen molar-refractivity contribution in [1.29, 1.82) is 0 Å². The molecule has 7 aromatic carbocycles. The van der Waals surface area contributed by atoms with Crippen molar-refractivity contribution < 1.29 is 61.2 Å². The van der Waals surface area contributed by atoms with Gasteiger partial charge in [-0.15, -0.1) is 6.42 Å². The number of morpholine rings is 1. The summed E-state index contributed by atoms with van der Waals surface area (Å²) in [6.07, 6.45) is 17.6. The maximum absolute atomic E-state index is 14.4. The number of carbonyl (C=O) groups excluding carboxylic acids is 6. The Labute approximate surface area is 729 Å². The molecule has 1 saturated heterocycles. The van der Waals surface area contributed by atoms with Crippen LogP contribution < -0.4 is 88.9 Å². The lowest BCUT2D eigenvalue weighted by molar-refractivity contribution is -0.112. The van der Waals surface area contributed by atoms with Crippen LogP contribution in [-0.4, -0.2) is 145 Å². The number of aromatic nitrogens is 9. The number of carbonyl (C=O) groups is 6. The van der Waals surface area contributed by atoms with Gasteiger partial charge in [-0.2, -0.15) is 19.9 Å². The summed E-state index contributed by atoms with van der Waals surface area (Å²) < 4.78 is 55.6. The lowest BCUT2D eigenvalue weighted by Gasteiger charge is -2.26. The van der Waals surface area contributed by atoms with Crippen LogP contribution >= 0.6 is 0 Å². The van der Waals surface area contributed by atoms with E-state index in [1.165, 1.54) is 37.7 Å². The van der Waals surface area contributed by atoms with Gasteiger partial charge in [0.1, 0.15) is 46.6 Å². The van der Waals surface area contributed by atoms with E-state index in [1.54, 1.807) is 159 Å². The van der Waals surface area contributed by atoms with Crippen molar-refractivity contribution in [3.05, 3.63) is 291 Å². The second kappa shape index (κ2) is 47.2. The van der Waals surface area contributed by atoms with E-state index in [2.05, 4.69) is 134 Å². The smallest absolute Gasteiger partial charge is 0.254 e. The zero-order valence-corrected chi connectivity index (χ0v) is 69.2. The number of terminal acetylenes is 1. The molecule has 0 bridgehead atoms. The van der Waals surface area contributed by atoms with Crippen LogP contribution in [0.2, 0.25) is 0 Å². The van der Waals surface area contributed by atoms with Gasteiger partial charge in [-0.3, -0.25) is 33.7 Å². The second-order valence-electron chi connectivity index (χ2n) is 26.9. The molecule has 0 unspecified atom stereocenters. The van der Waals surface area contributed by atoms with E-state index in [0.717, 1.165) is 63.0 Å². The number of ether oxygens (including phenoxy) is 5. The van der Waals surface area contributed by atoms with Crippen molar-refractivity contribution in [1.82, 2.24) is 49.8 Å². The van der Waals surface area contributed by atoms with E-state index in [1.807, 2.05) is 56.3 Å². The summed E-state index contributed by atoms with van der Waals surface area (Å²) in [5.74, 6) is 2.39. The number of nitrogens with two attached hydrogens (primary N) is 2. The van der Waals surface area contributed by atoms with Crippen LogP contribution in [0.4, 0.5) is 118 Å². The fourth-order valence-electron chi connectivity index (χ4n) is 11.3. The van der Waals surface area contributed by atoms with Gasteiger partial charge in [0.05, 0.1) is 58.3 Å². The van der Waals surface area contributed by atoms with Crippen LogP contribution in [0, 0.1) is 24.0 Å². The Balaban J connectivity index is 0.000000177. The normalized spacial score (nSPS) is 11.0. The molecule has 0 radical (unpaired) electrons. The first-order chi connectivity index (χ1) is 61.5. The Morgan fingerprint density at radius 3 is 1.26 bits per heavy atom. The number of allylic oxidation sites excluding steroid dienone is 2. The monoisotopic (exact) mass is 1720 g/mol. The zero-order chi connectivity index (χ0) is 90.4. The molecule has 5 amide bonds. The first-order valence-electron chi connectivity index (χ1n) is 38.8. The predicted octanol–water partition coefficient (Wildman–Crippen LogP) is 15.4. The molecule has 13 rings (SSSR count). The van der Waals surface area contributed by atoms with Crippen molar-refractivity contribution in [2.75, 3.05) is 119 Å². The quantitative estimate of drug-likeness (QED) is 0.00759. The fraction of sp³-hybridized carbons (Fsp3) is 0.132. The second-order valence-corrected chi connectivity index (χ2v) is 26.9. The number of benzene rings is 7. The number of halogens is 2. The van der Waals surface area contributed by atoms with E-state index in [4.69, 9.17) is 41.6 Å². The van der Waals surface area contributed by atoms with Crippen molar-refractivity contribution >= 4 is 145 Å². The average Bonchev–Trinajstić information content (AvgIpc) is 0.829. The van der Waals surface area contributed by atoms with Crippen LogP contribution in [0.15, 0.2) is 263 Å². The highest BCUT2D eigenvalue weighted by atomic mass is 19.1. The SMILES string of the molecule is C#CCOc1cccc(Nc2ncc(F)c(Nc3cccc(C(=O)C=C(C)C)c3)n2)c1.C=CC(=O)Nc1cccc(Nc2nc(Nc3ccc(OC)nc3)ncc2C(N)=O)c1.C=CC(=O)Nc1cccc(Nc2nc(Nc3cccc(OC)c3)ncc2C(N)=O)c1.C=CC(=O)Nc1cccc(Nc2nc(Nc3cccc(OCCCN4CCOCC4)c3)ncc2F)c1. The average molecular weight is 1720 g/mol. The third-order valence-corrected chi connectivity index (χ3v) is 17.2. The Bertz CT molecular complexity index is 5970. The Kier molecular flexibility index (Phi) is 34.3. The third kappa shape index (κ3) is 29.9. The number of hydrogen-bond acceptors (Lipinski definition) is 29. The molecule has 36 heteroatoms. The van der Waals surface area contributed by atoms with E-state index < -0.39 is 23.4 Å². The number of nitrogens with one attached hydrogen (secondary N) is 11. The van der Waals surface area contributed by atoms with Crippen molar-refractivity contribution in [3.8, 4) is 35.5 Å². The Morgan fingerprint density at radius 2 is 0.843 bits per heavy atom. The summed E-state index contributed by atoms with van der Waals surface area (Å²) in [4.78, 5) is 110. The first kappa shape index (κ1) is 92.2. The number of primary amides is 2. The molecule has 0 aliphatic carbocycles. The van der Waals surface area contributed by atoms with Gasteiger partial charge in [-0.05, 0) is 154 Å². The van der Waals surface area contributed by atoms with Crippen LogP contribution in [0.1, 0.15) is 51.3 Å². The molecule has 5 aromatic heterocycles. The third-order valence-electron chi connectivity index (χ3n) is 17.2. The maximum Gasteiger partial charge on any atom is 0.254 e. The summed E-state index contributed by atoms with van der Waals surface area (Å²) in [6, 6.07) is 52.6. The molecule has 0 spiro atoms. The summed E-state index contributed by atoms with van der Waals surface area (Å²) in [6.45, 7) is 19.2. The Hall–Kier alpha value is -17.1. The molecule has 127 heavy (non-hydrogen) atoms. The van der Waals surface area contributed by atoms with Crippen LogP contribution in [0.3, 0.4) is 0 Å². The highest BCUT2D eigenvalue weighted by molar-refractivity contribution is 6.06. The van der Waals surface area contributed by atoms with Gasteiger partial charge in [0, 0.05) is 119 Å². The molecular formula is C91H89F2N23O11. The largest absolute Gasteiger partial charge is 0.497 e. The molecule has 6 heterocycles. The van der Waals surface area contributed by atoms with E-state index >= 15 is 0 Å². The van der Waals surface area contributed by atoms with Gasteiger partial charge < -0.3 is 93.6 Å². The number of hydrogen-bond donors (Lipinski definition) is 13. The number of nitrogens with zero attached hydrogens (tertiary/aromatic N) is 10. The number of amides is 5. The minimum Gasteiger partial charge on any atom is -0.497 e. The van der Waals surface area contributed by atoms with Gasteiger partial charge in [0.25, 0.3) is 11.8 Å². The highest BCUT2D eigenvalue weighted by Gasteiger charge is 2.19. The van der Waals surface area contributed by atoms with E-state index in [0.29, 0.717) is 92.1 Å². The van der Waals surface area contributed by atoms with E-state index in [9.17, 15) is 37.5 Å². The summed E-state index contributed by atoms with van der Waals surface area (Å²) in [5, 5.41) is 32.0. The molecule has 1 aliphatic heterocycles. The lowest BCUT2D eigenvalue weighted by atomic mass is 10.1. The van der Waals surface area contributed by atoms with Crippen molar-refractivity contribution in [2.24, 2.45) is 11.5 Å².